The maximum absolute atomic E-state index is 14.5. The summed E-state index contributed by atoms with van der Waals surface area (Å²) >= 11 is 0. The largest absolute Gasteiger partial charge is 0.493 e. The Morgan fingerprint density at radius 3 is 2.81 bits per heavy atom. The van der Waals surface area contributed by atoms with E-state index in [9.17, 15) is 12.8 Å². The maximum atomic E-state index is 14.5. The highest BCUT2D eigenvalue weighted by atomic mass is 32.2. The molecule has 164 valence electrons. The number of rotatable bonds is 5. The van der Waals surface area contributed by atoms with Gasteiger partial charge in [-0.2, -0.15) is 0 Å². The minimum absolute atomic E-state index is 0.0274. The molecule has 0 unspecified atom stereocenters. The van der Waals surface area contributed by atoms with Crippen LogP contribution in [0.4, 0.5) is 10.3 Å². The molecule has 0 radical (unpaired) electrons. The number of imidazole rings is 1. The second kappa shape index (κ2) is 7.76. The third-order valence-electron chi connectivity index (χ3n) is 5.94. The predicted octanol–water partition coefficient (Wildman–Crippen LogP) is 2.71. The summed E-state index contributed by atoms with van der Waals surface area (Å²) in [7, 11) is -3.54. The van der Waals surface area contributed by atoms with Crippen LogP contribution in [-0.4, -0.2) is 48.9 Å². The summed E-state index contributed by atoms with van der Waals surface area (Å²) in [5, 5.41) is 3.19. The Bertz CT molecular complexity index is 1250. The molecule has 1 saturated heterocycles. The number of fused-ring (bicyclic) bond motifs is 2. The van der Waals surface area contributed by atoms with Crippen LogP contribution in [0.1, 0.15) is 35.4 Å². The van der Waals surface area contributed by atoms with Gasteiger partial charge in [0.2, 0.25) is 5.95 Å². The lowest BCUT2D eigenvalue weighted by Crippen LogP contribution is -2.17. The molecular weight excluding hydrogens is 423 g/mol. The number of nitrogens with zero attached hydrogens (tertiary/aromatic N) is 3. The number of hydrogen-bond donors (Lipinski definition) is 1. The van der Waals surface area contributed by atoms with E-state index in [2.05, 4.69) is 15.3 Å². The Morgan fingerprint density at radius 2 is 2.03 bits per heavy atom. The van der Waals surface area contributed by atoms with Crippen LogP contribution in [0.2, 0.25) is 0 Å². The van der Waals surface area contributed by atoms with Crippen LogP contribution in [0.3, 0.4) is 0 Å². The lowest BCUT2D eigenvalue weighted by molar-refractivity contribution is 0.0854. The maximum Gasteiger partial charge on any atom is 0.208 e. The lowest BCUT2D eigenvalue weighted by atomic mass is 9.92. The molecule has 4 heterocycles. The second-order valence-corrected chi connectivity index (χ2v) is 9.85. The fourth-order valence-electron chi connectivity index (χ4n) is 4.39. The molecule has 0 amide bonds. The molecule has 2 aliphatic heterocycles. The van der Waals surface area contributed by atoms with E-state index in [-0.39, 0.29) is 23.3 Å². The van der Waals surface area contributed by atoms with Crippen molar-refractivity contribution in [2.24, 2.45) is 0 Å². The number of benzene rings is 1. The highest BCUT2D eigenvalue weighted by molar-refractivity contribution is 7.90. The number of nitrogens with one attached hydrogen (secondary N) is 1. The molecular formula is C21H23FN4O4S. The standard InChI is InChI=1S/C21H23FN4O4S/c1-31(27,28)20-19-15(13-4-7-29-8-5-13)10-23-21(26(19)12-25-20)24-11-16-14-6-9-30-18(14)3-2-17(16)22/h2-3,10,12-13H,4-9,11H2,1H3,(H,23,24). The normalized spacial score (nSPS) is 17.0. The van der Waals surface area contributed by atoms with Crippen LogP contribution in [0, 0.1) is 5.82 Å². The molecule has 2 aliphatic rings. The summed E-state index contributed by atoms with van der Waals surface area (Å²) in [6.45, 7) is 1.98. The first-order chi connectivity index (χ1) is 14.9. The Kier molecular flexibility index (Phi) is 5.05. The SMILES string of the molecule is CS(=O)(=O)c1ncn2c(NCc3c(F)ccc4c3CCO4)ncc(C3CCOCC3)c12. The first-order valence-electron chi connectivity index (χ1n) is 10.2. The van der Waals surface area contributed by atoms with Gasteiger partial charge in [-0.05, 0) is 30.9 Å². The molecule has 1 aromatic carbocycles. The smallest absolute Gasteiger partial charge is 0.208 e. The van der Waals surface area contributed by atoms with Gasteiger partial charge in [-0.1, -0.05) is 0 Å². The lowest BCUT2D eigenvalue weighted by Gasteiger charge is -2.23. The monoisotopic (exact) mass is 446 g/mol. The molecule has 2 aromatic heterocycles. The van der Waals surface area contributed by atoms with E-state index >= 15 is 0 Å². The topological polar surface area (TPSA) is 94.8 Å². The summed E-state index contributed by atoms with van der Waals surface area (Å²) in [5.41, 5.74) is 2.74. The van der Waals surface area contributed by atoms with Crippen molar-refractivity contribution in [3.8, 4) is 5.75 Å². The van der Waals surface area contributed by atoms with Gasteiger partial charge in [0.05, 0.1) is 12.1 Å². The minimum atomic E-state index is -3.54. The molecule has 1 fully saturated rings. The zero-order valence-electron chi connectivity index (χ0n) is 17.1. The highest BCUT2D eigenvalue weighted by Crippen LogP contribution is 2.34. The van der Waals surface area contributed by atoms with Gasteiger partial charge in [0.25, 0.3) is 0 Å². The van der Waals surface area contributed by atoms with Gasteiger partial charge in [-0.15, -0.1) is 0 Å². The highest BCUT2D eigenvalue weighted by Gasteiger charge is 2.26. The van der Waals surface area contributed by atoms with Gasteiger partial charge in [-0.25, -0.2) is 22.8 Å². The summed E-state index contributed by atoms with van der Waals surface area (Å²) in [4.78, 5) is 8.72. The van der Waals surface area contributed by atoms with E-state index in [0.717, 1.165) is 30.2 Å². The van der Waals surface area contributed by atoms with Gasteiger partial charge in [0.1, 0.15) is 17.9 Å². The summed E-state index contributed by atoms with van der Waals surface area (Å²) in [5.74, 6) is 0.938. The van der Waals surface area contributed by atoms with Crippen molar-refractivity contribution >= 4 is 21.3 Å². The average molecular weight is 447 g/mol. The molecule has 3 aromatic rings. The van der Waals surface area contributed by atoms with Gasteiger partial charge in [-0.3, -0.25) is 4.40 Å². The molecule has 0 bridgehead atoms. The van der Waals surface area contributed by atoms with Gasteiger partial charge in [0.15, 0.2) is 14.9 Å². The van der Waals surface area contributed by atoms with E-state index in [1.54, 1.807) is 16.7 Å². The summed E-state index contributed by atoms with van der Waals surface area (Å²) in [6, 6.07) is 3.05. The molecule has 5 rings (SSSR count). The van der Waals surface area contributed by atoms with Gasteiger partial charge >= 0.3 is 0 Å². The Hall–Kier alpha value is -2.72. The number of aromatic nitrogens is 3. The first kappa shape index (κ1) is 20.2. The average Bonchev–Trinajstić information content (AvgIpc) is 3.41. The number of anilines is 1. The van der Waals surface area contributed by atoms with Crippen molar-refractivity contribution in [2.45, 2.75) is 36.8 Å². The molecule has 0 saturated carbocycles. The molecule has 31 heavy (non-hydrogen) atoms. The van der Waals surface area contributed by atoms with E-state index in [0.29, 0.717) is 49.0 Å². The number of sulfone groups is 1. The molecule has 8 nitrogen and oxygen atoms in total. The van der Waals surface area contributed by atoms with Crippen molar-refractivity contribution in [3.63, 3.8) is 0 Å². The van der Waals surface area contributed by atoms with E-state index < -0.39 is 9.84 Å². The number of hydrogen-bond acceptors (Lipinski definition) is 7. The summed E-state index contributed by atoms with van der Waals surface area (Å²) < 4.78 is 51.9. The van der Waals surface area contributed by atoms with E-state index in [4.69, 9.17) is 9.47 Å². The first-order valence-corrected chi connectivity index (χ1v) is 12.1. The van der Waals surface area contributed by atoms with Crippen molar-refractivity contribution in [2.75, 3.05) is 31.4 Å². The Balaban J connectivity index is 1.55. The quantitative estimate of drug-likeness (QED) is 0.644. The van der Waals surface area contributed by atoms with Crippen molar-refractivity contribution < 1.29 is 22.3 Å². The van der Waals surface area contributed by atoms with Crippen LogP contribution in [0.25, 0.3) is 5.52 Å². The molecule has 0 aliphatic carbocycles. The Morgan fingerprint density at radius 1 is 1.23 bits per heavy atom. The van der Waals surface area contributed by atoms with Crippen LogP contribution < -0.4 is 10.1 Å². The third kappa shape index (κ3) is 3.63. The number of ether oxygens (including phenoxy) is 2. The minimum Gasteiger partial charge on any atom is -0.493 e. The van der Waals surface area contributed by atoms with Crippen LogP contribution >= 0.6 is 0 Å². The van der Waals surface area contributed by atoms with Crippen molar-refractivity contribution in [3.05, 3.63) is 47.2 Å². The molecule has 0 atom stereocenters. The van der Waals surface area contributed by atoms with Crippen molar-refractivity contribution in [1.82, 2.24) is 14.4 Å². The van der Waals surface area contributed by atoms with Crippen LogP contribution in [-0.2, 0) is 27.5 Å². The zero-order chi connectivity index (χ0) is 21.6. The van der Waals surface area contributed by atoms with Crippen LogP contribution in [0.15, 0.2) is 29.7 Å². The predicted molar refractivity (Wildman–Crippen MR) is 112 cm³/mol. The number of halogens is 1. The van der Waals surface area contributed by atoms with Crippen molar-refractivity contribution in [1.29, 1.82) is 0 Å². The van der Waals surface area contributed by atoms with E-state index in [1.165, 1.54) is 12.4 Å². The van der Waals surface area contributed by atoms with Crippen LogP contribution in [0.5, 0.6) is 5.75 Å². The summed E-state index contributed by atoms with van der Waals surface area (Å²) in [6.07, 6.45) is 6.55. The Labute approximate surface area is 179 Å². The fraction of sp³-hybridized carbons (Fsp3) is 0.429. The van der Waals surface area contributed by atoms with Gasteiger partial charge < -0.3 is 14.8 Å². The molecule has 1 N–H and O–H groups in total. The molecule has 0 spiro atoms. The second-order valence-electron chi connectivity index (χ2n) is 7.92. The van der Waals surface area contributed by atoms with E-state index in [1.807, 2.05) is 0 Å². The third-order valence-corrected chi connectivity index (χ3v) is 6.94. The molecule has 10 heteroatoms. The van der Waals surface area contributed by atoms with Gasteiger partial charge in [0, 0.05) is 55.3 Å². The zero-order valence-corrected chi connectivity index (χ0v) is 17.9. The fourth-order valence-corrected chi connectivity index (χ4v) is 5.20.